The summed E-state index contributed by atoms with van der Waals surface area (Å²) in [7, 11) is 0. The van der Waals surface area contributed by atoms with Crippen molar-refractivity contribution in [3.05, 3.63) is 34.4 Å². The van der Waals surface area contributed by atoms with Crippen molar-refractivity contribution < 1.29 is 10.0 Å². The molecule has 17 heavy (non-hydrogen) atoms. The number of non-ortho nitro benzene ring substituents is 1. The zero-order valence-corrected chi connectivity index (χ0v) is 10.1. The standard InChI is InChI=1S/C12H18N2O3/c1-3-12(2,8-9-15)13-10-4-6-11(7-5-10)14(16)17/h4-7,13,15H,3,8-9H2,1-2H3. The molecule has 0 aliphatic rings. The first-order chi connectivity index (χ1) is 8.00. The summed E-state index contributed by atoms with van der Waals surface area (Å²) in [6, 6.07) is 6.31. The topological polar surface area (TPSA) is 75.4 Å². The summed E-state index contributed by atoms with van der Waals surface area (Å²) >= 11 is 0. The van der Waals surface area contributed by atoms with Gasteiger partial charge >= 0.3 is 0 Å². The monoisotopic (exact) mass is 238 g/mol. The molecule has 0 radical (unpaired) electrons. The summed E-state index contributed by atoms with van der Waals surface area (Å²) in [4.78, 5) is 10.1. The predicted molar refractivity (Wildman–Crippen MR) is 67.1 cm³/mol. The summed E-state index contributed by atoms with van der Waals surface area (Å²) in [5.41, 5.74) is 0.717. The van der Waals surface area contributed by atoms with Crippen LogP contribution in [0.15, 0.2) is 24.3 Å². The van der Waals surface area contributed by atoms with Crippen molar-refractivity contribution in [2.24, 2.45) is 0 Å². The van der Waals surface area contributed by atoms with Crippen LogP contribution in [0, 0.1) is 10.1 Å². The van der Waals surface area contributed by atoms with E-state index in [2.05, 4.69) is 5.32 Å². The molecule has 0 bridgehead atoms. The molecule has 1 unspecified atom stereocenters. The van der Waals surface area contributed by atoms with Crippen molar-refractivity contribution >= 4 is 11.4 Å². The lowest BCUT2D eigenvalue weighted by Gasteiger charge is -2.30. The molecule has 0 saturated carbocycles. The van der Waals surface area contributed by atoms with Gasteiger partial charge in [0, 0.05) is 30.0 Å². The number of hydrogen-bond donors (Lipinski definition) is 2. The van der Waals surface area contributed by atoms with Gasteiger partial charge in [-0.25, -0.2) is 0 Å². The molecule has 0 saturated heterocycles. The molecule has 1 rings (SSSR count). The van der Waals surface area contributed by atoms with Gasteiger partial charge in [0.1, 0.15) is 0 Å². The Morgan fingerprint density at radius 1 is 1.41 bits per heavy atom. The highest BCUT2D eigenvalue weighted by atomic mass is 16.6. The van der Waals surface area contributed by atoms with Crippen molar-refractivity contribution in [2.75, 3.05) is 11.9 Å². The van der Waals surface area contributed by atoms with Crippen molar-refractivity contribution in [2.45, 2.75) is 32.2 Å². The number of anilines is 1. The second-order valence-electron chi connectivity index (χ2n) is 4.32. The number of hydrogen-bond acceptors (Lipinski definition) is 4. The van der Waals surface area contributed by atoms with E-state index in [1.165, 1.54) is 12.1 Å². The van der Waals surface area contributed by atoms with E-state index in [4.69, 9.17) is 5.11 Å². The minimum Gasteiger partial charge on any atom is -0.396 e. The Hall–Kier alpha value is -1.62. The van der Waals surface area contributed by atoms with Crippen LogP contribution in [0.2, 0.25) is 0 Å². The van der Waals surface area contributed by atoms with E-state index in [-0.39, 0.29) is 17.8 Å². The molecule has 1 aromatic carbocycles. The summed E-state index contributed by atoms with van der Waals surface area (Å²) in [5.74, 6) is 0. The number of aliphatic hydroxyl groups is 1. The van der Waals surface area contributed by atoms with Crippen LogP contribution in [0.3, 0.4) is 0 Å². The normalized spacial score (nSPS) is 14.1. The third-order valence-corrected chi connectivity index (χ3v) is 2.97. The van der Waals surface area contributed by atoms with Crippen molar-refractivity contribution in [3.8, 4) is 0 Å². The Balaban J connectivity index is 2.77. The number of nitrogens with zero attached hydrogens (tertiary/aromatic N) is 1. The smallest absolute Gasteiger partial charge is 0.269 e. The van der Waals surface area contributed by atoms with Gasteiger partial charge in [-0.05, 0) is 31.9 Å². The van der Waals surface area contributed by atoms with Gasteiger partial charge in [-0.15, -0.1) is 0 Å². The molecule has 5 nitrogen and oxygen atoms in total. The van der Waals surface area contributed by atoms with Crippen LogP contribution in [0.5, 0.6) is 0 Å². The zero-order valence-electron chi connectivity index (χ0n) is 10.1. The molecule has 94 valence electrons. The Kier molecular flexibility index (Phi) is 4.45. The zero-order chi connectivity index (χ0) is 12.9. The number of rotatable bonds is 6. The first-order valence-corrected chi connectivity index (χ1v) is 5.64. The van der Waals surface area contributed by atoms with Crippen molar-refractivity contribution in [1.82, 2.24) is 0 Å². The first kappa shape index (κ1) is 13.4. The number of aliphatic hydroxyl groups excluding tert-OH is 1. The molecule has 1 atom stereocenters. The lowest BCUT2D eigenvalue weighted by Crippen LogP contribution is -2.34. The van der Waals surface area contributed by atoms with Crippen molar-refractivity contribution in [1.29, 1.82) is 0 Å². The Morgan fingerprint density at radius 3 is 2.41 bits per heavy atom. The van der Waals surface area contributed by atoms with Crippen molar-refractivity contribution in [3.63, 3.8) is 0 Å². The Bertz CT molecular complexity index is 378. The van der Waals surface area contributed by atoms with Gasteiger partial charge < -0.3 is 10.4 Å². The average Bonchev–Trinajstić information content (AvgIpc) is 2.30. The number of nitro benzene ring substituents is 1. The largest absolute Gasteiger partial charge is 0.396 e. The second kappa shape index (κ2) is 5.63. The van der Waals surface area contributed by atoms with E-state index in [1.807, 2.05) is 13.8 Å². The van der Waals surface area contributed by atoms with Gasteiger partial charge in [0.25, 0.3) is 5.69 Å². The molecule has 5 heteroatoms. The Labute approximate surface area is 101 Å². The number of benzene rings is 1. The Morgan fingerprint density at radius 2 is 2.00 bits per heavy atom. The first-order valence-electron chi connectivity index (χ1n) is 5.64. The fraction of sp³-hybridized carbons (Fsp3) is 0.500. The SMILES string of the molecule is CCC(C)(CCO)Nc1ccc([N+](=O)[O-])cc1. The summed E-state index contributed by atoms with van der Waals surface area (Å²) in [6.45, 7) is 4.17. The van der Waals surface area contributed by atoms with Gasteiger partial charge in [-0.1, -0.05) is 6.92 Å². The van der Waals surface area contributed by atoms with Gasteiger partial charge in [-0.3, -0.25) is 10.1 Å². The average molecular weight is 238 g/mol. The van der Waals surface area contributed by atoms with Crippen LogP contribution in [-0.2, 0) is 0 Å². The van der Waals surface area contributed by atoms with E-state index in [0.717, 1.165) is 12.1 Å². The summed E-state index contributed by atoms with van der Waals surface area (Å²) < 4.78 is 0. The van der Waals surface area contributed by atoms with E-state index < -0.39 is 4.92 Å². The van der Waals surface area contributed by atoms with E-state index >= 15 is 0 Å². The molecular formula is C12H18N2O3. The molecule has 0 aromatic heterocycles. The maximum atomic E-state index is 10.5. The lowest BCUT2D eigenvalue weighted by molar-refractivity contribution is -0.384. The molecule has 0 spiro atoms. The quantitative estimate of drug-likeness (QED) is 0.590. The highest BCUT2D eigenvalue weighted by Gasteiger charge is 2.20. The molecule has 0 aliphatic heterocycles. The molecule has 1 aromatic rings. The second-order valence-corrected chi connectivity index (χ2v) is 4.32. The minimum atomic E-state index is -0.420. The highest BCUT2D eigenvalue weighted by molar-refractivity contribution is 5.50. The van der Waals surface area contributed by atoms with Crippen LogP contribution >= 0.6 is 0 Å². The van der Waals surface area contributed by atoms with Gasteiger partial charge in [0.15, 0.2) is 0 Å². The molecule has 0 heterocycles. The van der Waals surface area contributed by atoms with E-state index in [1.54, 1.807) is 12.1 Å². The molecule has 2 N–H and O–H groups in total. The van der Waals surface area contributed by atoms with Gasteiger partial charge in [-0.2, -0.15) is 0 Å². The van der Waals surface area contributed by atoms with Crippen LogP contribution in [-0.4, -0.2) is 22.2 Å². The maximum absolute atomic E-state index is 10.5. The number of nitrogens with one attached hydrogen (secondary N) is 1. The summed E-state index contributed by atoms with van der Waals surface area (Å²) in [6.07, 6.45) is 1.50. The fourth-order valence-electron chi connectivity index (χ4n) is 1.59. The predicted octanol–water partition coefficient (Wildman–Crippen LogP) is 2.56. The van der Waals surface area contributed by atoms with E-state index in [0.29, 0.717) is 6.42 Å². The third kappa shape index (κ3) is 3.71. The summed E-state index contributed by atoms with van der Waals surface area (Å²) in [5, 5.41) is 22.8. The van der Waals surface area contributed by atoms with Crippen LogP contribution in [0.4, 0.5) is 11.4 Å². The van der Waals surface area contributed by atoms with Crippen LogP contribution in [0.1, 0.15) is 26.7 Å². The highest BCUT2D eigenvalue weighted by Crippen LogP contribution is 2.23. The fourth-order valence-corrected chi connectivity index (χ4v) is 1.59. The van der Waals surface area contributed by atoms with Gasteiger partial charge in [0.05, 0.1) is 4.92 Å². The maximum Gasteiger partial charge on any atom is 0.269 e. The van der Waals surface area contributed by atoms with Gasteiger partial charge in [0.2, 0.25) is 0 Å². The third-order valence-electron chi connectivity index (χ3n) is 2.97. The minimum absolute atomic E-state index is 0.0795. The molecular weight excluding hydrogens is 220 g/mol. The van der Waals surface area contributed by atoms with Crippen LogP contribution < -0.4 is 5.32 Å². The lowest BCUT2D eigenvalue weighted by atomic mass is 9.94. The molecule has 0 amide bonds. The molecule has 0 fully saturated rings. The van der Waals surface area contributed by atoms with E-state index in [9.17, 15) is 10.1 Å². The molecule has 0 aliphatic carbocycles. The number of nitro groups is 1. The van der Waals surface area contributed by atoms with Crippen LogP contribution in [0.25, 0.3) is 0 Å².